The summed E-state index contributed by atoms with van der Waals surface area (Å²) in [6.07, 6.45) is 0. The molecule has 0 atom stereocenters. The summed E-state index contributed by atoms with van der Waals surface area (Å²) in [4.78, 5) is -0.181. The maximum atomic E-state index is 13.8. The van der Waals surface area contributed by atoms with Crippen molar-refractivity contribution in [3.05, 3.63) is 47.8 Å². The summed E-state index contributed by atoms with van der Waals surface area (Å²) in [7, 11) is -3.92. The van der Waals surface area contributed by atoms with Crippen LogP contribution in [-0.2, 0) is 10.0 Å². The molecule has 0 heterocycles. The molecule has 2 aromatic carbocycles. The van der Waals surface area contributed by atoms with Crippen LogP contribution in [0, 0.1) is 17.1 Å². The lowest BCUT2D eigenvalue weighted by molar-refractivity contribution is 0.598. The third kappa shape index (κ3) is 3.47. The fraction of sp³-hybridized carbons (Fsp3) is 0. The van der Waals surface area contributed by atoms with Crippen molar-refractivity contribution >= 4 is 27.1 Å². The van der Waals surface area contributed by atoms with Gasteiger partial charge in [-0.3, -0.25) is 0 Å². The van der Waals surface area contributed by atoms with Crippen molar-refractivity contribution < 1.29 is 12.8 Å². The first-order chi connectivity index (χ1) is 9.79. The van der Waals surface area contributed by atoms with Gasteiger partial charge in [-0.25, -0.2) is 17.9 Å². The number of nitrogens with one attached hydrogen (secondary N) is 1. The van der Waals surface area contributed by atoms with E-state index in [9.17, 15) is 12.8 Å². The SMILES string of the molecule is N#Cc1ccc(Nc2cc(N)cc(S(N)(=O)=O)c2)c(F)c1. The van der Waals surface area contributed by atoms with Crippen LogP contribution in [0.2, 0.25) is 0 Å². The minimum absolute atomic E-state index is 0.0833. The summed E-state index contributed by atoms with van der Waals surface area (Å²) < 4.78 is 36.4. The Hall–Kier alpha value is -2.63. The molecule has 0 aliphatic heterocycles. The number of nitrogens with two attached hydrogens (primary N) is 2. The van der Waals surface area contributed by atoms with E-state index in [-0.39, 0.29) is 27.5 Å². The zero-order valence-electron chi connectivity index (χ0n) is 10.7. The molecule has 0 aromatic heterocycles. The van der Waals surface area contributed by atoms with Crippen LogP contribution in [0.4, 0.5) is 21.5 Å². The second-order valence-corrected chi connectivity index (χ2v) is 5.83. The fourth-order valence-electron chi connectivity index (χ4n) is 1.70. The predicted molar refractivity (Wildman–Crippen MR) is 76.6 cm³/mol. The van der Waals surface area contributed by atoms with Gasteiger partial charge >= 0.3 is 0 Å². The number of anilines is 3. The Morgan fingerprint density at radius 3 is 2.48 bits per heavy atom. The van der Waals surface area contributed by atoms with Crippen molar-refractivity contribution in [3.8, 4) is 6.07 Å². The van der Waals surface area contributed by atoms with Crippen molar-refractivity contribution in [1.29, 1.82) is 5.26 Å². The average Bonchev–Trinajstić information content (AvgIpc) is 2.39. The van der Waals surface area contributed by atoms with E-state index in [0.717, 1.165) is 6.07 Å². The largest absolute Gasteiger partial charge is 0.399 e. The molecule has 108 valence electrons. The van der Waals surface area contributed by atoms with Crippen LogP contribution < -0.4 is 16.2 Å². The number of halogens is 1. The molecule has 8 heteroatoms. The normalized spacial score (nSPS) is 10.9. The van der Waals surface area contributed by atoms with E-state index >= 15 is 0 Å². The molecule has 0 aliphatic rings. The van der Waals surface area contributed by atoms with Gasteiger partial charge in [-0.15, -0.1) is 0 Å². The lowest BCUT2D eigenvalue weighted by Gasteiger charge is -2.10. The van der Waals surface area contributed by atoms with Crippen molar-refractivity contribution in [3.63, 3.8) is 0 Å². The second-order valence-electron chi connectivity index (χ2n) is 4.27. The summed E-state index contributed by atoms with van der Waals surface area (Å²) in [6, 6.07) is 9.56. The van der Waals surface area contributed by atoms with Gasteiger partial charge in [0.05, 0.1) is 22.2 Å². The number of rotatable bonds is 3. The van der Waals surface area contributed by atoms with Crippen LogP contribution in [0.3, 0.4) is 0 Å². The third-order valence-electron chi connectivity index (χ3n) is 2.63. The zero-order valence-corrected chi connectivity index (χ0v) is 11.5. The molecule has 0 bridgehead atoms. The van der Waals surface area contributed by atoms with E-state index in [1.807, 2.05) is 6.07 Å². The van der Waals surface area contributed by atoms with Crippen LogP contribution in [0.1, 0.15) is 5.56 Å². The number of nitrogen functional groups attached to an aromatic ring is 1. The molecule has 0 saturated heterocycles. The number of nitriles is 1. The zero-order chi connectivity index (χ0) is 15.6. The average molecular weight is 306 g/mol. The minimum Gasteiger partial charge on any atom is -0.399 e. The Labute approximate surface area is 120 Å². The quantitative estimate of drug-likeness (QED) is 0.744. The Kier molecular flexibility index (Phi) is 3.80. The van der Waals surface area contributed by atoms with Crippen LogP contribution in [0.25, 0.3) is 0 Å². The lowest BCUT2D eigenvalue weighted by Crippen LogP contribution is -2.12. The molecule has 0 aliphatic carbocycles. The summed E-state index contributed by atoms with van der Waals surface area (Å²) in [5.74, 6) is -0.645. The van der Waals surface area contributed by atoms with Crippen LogP contribution in [0.5, 0.6) is 0 Å². The molecule has 0 radical (unpaired) electrons. The van der Waals surface area contributed by atoms with Crippen molar-refractivity contribution in [1.82, 2.24) is 0 Å². The summed E-state index contributed by atoms with van der Waals surface area (Å²) >= 11 is 0. The van der Waals surface area contributed by atoms with E-state index in [2.05, 4.69) is 5.32 Å². The van der Waals surface area contributed by atoms with E-state index in [1.165, 1.54) is 30.3 Å². The molecule has 0 amide bonds. The minimum atomic E-state index is -3.92. The van der Waals surface area contributed by atoms with Crippen molar-refractivity contribution in [2.75, 3.05) is 11.1 Å². The van der Waals surface area contributed by atoms with E-state index < -0.39 is 15.8 Å². The fourth-order valence-corrected chi connectivity index (χ4v) is 2.29. The third-order valence-corrected chi connectivity index (χ3v) is 3.53. The maximum Gasteiger partial charge on any atom is 0.238 e. The molecule has 0 saturated carbocycles. The molecule has 5 N–H and O–H groups in total. The molecular formula is C13H11FN4O2S. The van der Waals surface area contributed by atoms with Gasteiger partial charge in [0.15, 0.2) is 0 Å². The van der Waals surface area contributed by atoms with Gasteiger partial charge in [-0.1, -0.05) is 0 Å². The highest BCUT2D eigenvalue weighted by Gasteiger charge is 2.11. The van der Waals surface area contributed by atoms with Gasteiger partial charge < -0.3 is 11.1 Å². The standard InChI is InChI=1S/C13H11FN4O2S/c14-12-3-8(7-15)1-2-13(12)18-10-4-9(16)5-11(6-10)21(17,19)20/h1-6,18H,16H2,(H2,17,19,20). The van der Waals surface area contributed by atoms with E-state index in [1.54, 1.807) is 0 Å². The number of benzene rings is 2. The summed E-state index contributed by atoms with van der Waals surface area (Å²) in [6.45, 7) is 0. The predicted octanol–water partition coefficient (Wildman–Crippen LogP) is 1.67. The van der Waals surface area contributed by atoms with E-state index in [4.69, 9.17) is 16.1 Å². The van der Waals surface area contributed by atoms with Crippen LogP contribution in [-0.4, -0.2) is 8.42 Å². The number of sulfonamides is 1. The second kappa shape index (κ2) is 5.40. The highest BCUT2D eigenvalue weighted by molar-refractivity contribution is 7.89. The number of primary sulfonamides is 1. The monoisotopic (exact) mass is 306 g/mol. The van der Waals surface area contributed by atoms with Gasteiger partial charge in [0.1, 0.15) is 5.82 Å². The van der Waals surface area contributed by atoms with Crippen molar-refractivity contribution in [2.45, 2.75) is 4.90 Å². The summed E-state index contributed by atoms with van der Waals surface area (Å²) in [5, 5.41) is 16.4. The molecule has 0 spiro atoms. The first-order valence-corrected chi connectivity index (χ1v) is 7.24. The first-order valence-electron chi connectivity index (χ1n) is 5.69. The molecule has 6 nitrogen and oxygen atoms in total. The van der Waals surface area contributed by atoms with Gasteiger partial charge in [-0.2, -0.15) is 5.26 Å². The van der Waals surface area contributed by atoms with Gasteiger partial charge in [0, 0.05) is 11.4 Å². The smallest absolute Gasteiger partial charge is 0.238 e. The molecule has 21 heavy (non-hydrogen) atoms. The molecule has 2 rings (SSSR count). The van der Waals surface area contributed by atoms with Crippen LogP contribution in [0.15, 0.2) is 41.3 Å². The maximum absolute atomic E-state index is 13.8. The highest BCUT2D eigenvalue weighted by atomic mass is 32.2. The Morgan fingerprint density at radius 1 is 1.19 bits per heavy atom. The lowest BCUT2D eigenvalue weighted by atomic mass is 10.2. The number of hydrogen-bond acceptors (Lipinski definition) is 5. The topological polar surface area (TPSA) is 122 Å². The number of nitrogens with zero attached hydrogens (tertiary/aromatic N) is 1. The molecule has 2 aromatic rings. The van der Waals surface area contributed by atoms with Gasteiger partial charge in [-0.05, 0) is 36.4 Å². The molecular weight excluding hydrogens is 295 g/mol. The van der Waals surface area contributed by atoms with Crippen molar-refractivity contribution in [2.24, 2.45) is 5.14 Å². The van der Waals surface area contributed by atoms with Crippen LogP contribution >= 0.6 is 0 Å². The number of hydrogen-bond donors (Lipinski definition) is 3. The van der Waals surface area contributed by atoms with Gasteiger partial charge in [0.25, 0.3) is 0 Å². The summed E-state index contributed by atoms with van der Waals surface area (Å²) in [5.41, 5.74) is 6.29. The first kappa shape index (κ1) is 14.8. The Balaban J connectivity index is 2.41. The highest BCUT2D eigenvalue weighted by Crippen LogP contribution is 2.25. The van der Waals surface area contributed by atoms with E-state index in [0.29, 0.717) is 0 Å². The molecule has 0 unspecified atom stereocenters. The Bertz CT molecular complexity index is 844. The molecule has 0 fully saturated rings. The van der Waals surface area contributed by atoms with Gasteiger partial charge in [0.2, 0.25) is 10.0 Å². The Morgan fingerprint density at radius 2 is 1.90 bits per heavy atom.